The Morgan fingerprint density at radius 2 is 1.62 bits per heavy atom. The lowest BCUT2D eigenvalue weighted by Crippen LogP contribution is -2.64. The average Bonchev–Trinajstić information content (AvgIpc) is 3.31. The number of nitro groups is 1. The lowest BCUT2D eigenvalue weighted by atomic mass is 9.82. The molecule has 0 spiro atoms. The van der Waals surface area contributed by atoms with E-state index in [2.05, 4.69) is 13.0 Å². The molecule has 0 aromatic heterocycles. The van der Waals surface area contributed by atoms with Crippen LogP contribution in [0.3, 0.4) is 0 Å². The molecule has 3 fully saturated rings. The maximum atomic E-state index is 14.5. The molecule has 1 N–H and O–H groups in total. The van der Waals surface area contributed by atoms with Crippen molar-refractivity contribution in [3.05, 3.63) is 57.7 Å². The molecule has 17 nitrogen and oxygen atoms in total. The van der Waals surface area contributed by atoms with Crippen molar-refractivity contribution in [2.75, 3.05) is 27.9 Å². The number of nitro benzene ring substituents is 1. The summed E-state index contributed by atoms with van der Waals surface area (Å²) in [6.45, 7) is 11.5. The first kappa shape index (κ1) is 55.0. The molecule has 380 valence electrons. The summed E-state index contributed by atoms with van der Waals surface area (Å²) in [5.41, 5.74) is 1.11. The van der Waals surface area contributed by atoms with E-state index >= 15 is 0 Å². The molecule has 4 aliphatic rings. The van der Waals surface area contributed by atoms with Crippen molar-refractivity contribution in [3.63, 3.8) is 0 Å². The zero-order valence-corrected chi connectivity index (χ0v) is 42.1. The Labute approximate surface area is 401 Å². The number of ketones is 2. The molecule has 3 aliphatic heterocycles. The molecule has 13 atom stereocenters. The predicted molar refractivity (Wildman–Crippen MR) is 250 cm³/mol. The van der Waals surface area contributed by atoms with Crippen LogP contribution in [0.2, 0.25) is 0 Å². The molecule has 18 heteroatoms. The second-order valence-corrected chi connectivity index (χ2v) is 21.2. The second-order valence-electron chi connectivity index (χ2n) is 19.7. The van der Waals surface area contributed by atoms with Crippen LogP contribution < -0.4 is 0 Å². The SMILES string of the molecule is CCCC1C=C(C)CC(C)CC(OC)C2OC(O)(C(=O)C(=O)N3CCCCC3C(=O)OC(C(C)=CC3CCC(OS(=O)(=O)c4ccccc4[N+](=O)[O-])C(OC)C3)C(C)CCC1=O)C(C)CC2OC. The number of aliphatic hydroxyl groups is 1. The van der Waals surface area contributed by atoms with E-state index in [1.54, 1.807) is 6.92 Å². The van der Waals surface area contributed by atoms with E-state index in [4.69, 9.17) is 27.9 Å². The van der Waals surface area contributed by atoms with E-state index in [9.17, 15) is 42.8 Å². The van der Waals surface area contributed by atoms with Crippen LogP contribution in [0.1, 0.15) is 125 Å². The van der Waals surface area contributed by atoms with Crippen LogP contribution in [0.25, 0.3) is 0 Å². The van der Waals surface area contributed by atoms with E-state index in [0.717, 1.165) is 24.1 Å². The Morgan fingerprint density at radius 3 is 2.28 bits per heavy atom. The number of carbonyl (C=O) groups excluding carboxylic acids is 4. The number of allylic oxidation sites excluding steroid dienone is 3. The number of ether oxygens (including phenoxy) is 5. The molecule has 1 aromatic carbocycles. The number of hydrogen-bond acceptors (Lipinski definition) is 15. The Balaban J connectivity index is 1.47. The minimum atomic E-state index is -4.54. The van der Waals surface area contributed by atoms with Crippen LogP contribution in [0.5, 0.6) is 0 Å². The maximum Gasteiger partial charge on any atom is 0.329 e. The molecular formula is C50H74N2O15S. The molecule has 2 bridgehead atoms. The summed E-state index contributed by atoms with van der Waals surface area (Å²) >= 11 is 0. The Hall–Kier alpha value is -3.91. The van der Waals surface area contributed by atoms with Gasteiger partial charge in [0.15, 0.2) is 4.90 Å². The van der Waals surface area contributed by atoms with Gasteiger partial charge in [-0.15, -0.1) is 0 Å². The first-order valence-corrected chi connectivity index (χ1v) is 25.7. The Bertz CT molecular complexity index is 2130. The number of para-hydroxylation sites is 1. The number of esters is 1. The van der Waals surface area contributed by atoms with Gasteiger partial charge in [0.05, 0.1) is 23.2 Å². The van der Waals surface area contributed by atoms with Gasteiger partial charge in [0.1, 0.15) is 30.1 Å². The quantitative estimate of drug-likeness (QED) is 0.0577. The predicted octanol–water partition coefficient (Wildman–Crippen LogP) is 7.21. The van der Waals surface area contributed by atoms with Crippen molar-refractivity contribution >= 4 is 39.2 Å². The standard InChI is InChI=1S/C50H74N2O15S/c1-10-15-36-25-30(2)24-31(3)26-42(63-8)46-43(64-9)28-34(6)50(57,66-46)47(54)48(55)51-23-14-13-17-38(51)49(56)65-45(32(4)19-21-39(36)53)33(5)27-35-20-22-40(41(29-35)62-7)67-68(60,61)44-18-12-11-16-37(44)52(58)59/h11-12,16,18,25,27,31-32,34-36,38,40-43,45-46,57H,10,13-15,17,19-24,26,28-29H2,1-9H3. The van der Waals surface area contributed by atoms with Gasteiger partial charge in [-0.05, 0) is 114 Å². The summed E-state index contributed by atoms with van der Waals surface area (Å²) in [5.74, 6) is -7.13. The van der Waals surface area contributed by atoms with Gasteiger partial charge in [0.25, 0.3) is 17.4 Å². The normalized spacial score (nSPS) is 34.6. The molecule has 1 aliphatic carbocycles. The monoisotopic (exact) mass is 974 g/mol. The van der Waals surface area contributed by atoms with E-state index in [1.807, 2.05) is 33.8 Å². The Kier molecular flexibility index (Phi) is 19.6. The van der Waals surface area contributed by atoms with Crippen LogP contribution in [-0.2, 0) is 57.2 Å². The van der Waals surface area contributed by atoms with Crippen molar-refractivity contribution in [1.29, 1.82) is 0 Å². The van der Waals surface area contributed by atoms with Crippen LogP contribution in [-0.4, -0.2) is 123 Å². The Morgan fingerprint density at radius 1 is 0.941 bits per heavy atom. The van der Waals surface area contributed by atoms with E-state index in [-0.39, 0.29) is 61.7 Å². The van der Waals surface area contributed by atoms with Crippen LogP contribution >= 0.6 is 0 Å². The van der Waals surface area contributed by atoms with Crippen molar-refractivity contribution in [2.24, 2.45) is 29.6 Å². The van der Waals surface area contributed by atoms with E-state index < -0.39 is 97.7 Å². The highest BCUT2D eigenvalue weighted by Crippen LogP contribution is 2.40. The highest BCUT2D eigenvalue weighted by molar-refractivity contribution is 7.87. The summed E-state index contributed by atoms with van der Waals surface area (Å²) in [4.78, 5) is 68.8. The molecule has 0 radical (unpaired) electrons. The zero-order chi connectivity index (χ0) is 50.1. The van der Waals surface area contributed by atoms with Gasteiger partial charge in [-0.25, -0.2) is 4.79 Å². The second kappa shape index (κ2) is 24.3. The number of amides is 1. The highest BCUT2D eigenvalue weighted by atomic mass is 32.2. The molecule has 13 unspecified atom stereocenters. The third-order valence-corrected chi connectivity index (χ3v) is 15.9. The lowest BCUT2D eigenvalue weighted by molar-refractivity contribution is -0.387. The fourth-order valence-electron chi connectivity index (χ4n) is 10.7. The number of nitrogens with zero attached hydrogens (tertiary/aromatic N) is 2. The largest absolute Gasteiger partial charge is 0.456 e. The van der Waals surface area contributed by atoms with Gasteiger partial charge in [-0.1, -0.05) is 64.0 Å². The van der Waals surface area contributed by atoms with Gasteiger partial charge < -0.3 is 33.7 Å². The smallest absolute Gasteiger partial charge is 0.329 e. The number of Topliss-reactive ketones (excluding diaryl/α,β-unsaturated/α-hetero) is 2. The third kappa shape index (κ3) is 13.1. The molecule has 68 heavy (non-hydrogen) atoms. The fraction of sp³-hybridized carbons (Fsp3) is 0.720. The molecule has 1 aromatic rings. The summed E-state index contributed by atoms with van der Waals surface area (Å²) in [7, 11) is -0.0530. The molecular weight excluding hydrogens is 901 g/mol. The van der Waals surface area contributed by atoms with E-state index in [0.29, 0.717) is 56.9 Å². The number of piperidine rings is 1. The number of benzene rings is 1. The highest BCUT2D eigenvalue weighted by Gasteiger charge is 2.56. The number of rotatable bonds is 11. The molecule has 1 amide bonds. The number of hydrogen-bond donors (Lipinski definition) is 1. The first-order valence-electron chi connectivity index (χ1n) is 24.3. The molecule has 3 heterocycles. The molecule has 5 rings (SSSR count). The van der Waals surface area contributed by atoms with Crippen LogP contribution in [0.4, 0.5) is 5.69 Å². The maximum absolute atomic E-state index is 14.5. The van der Waals surface area contributed by atoms with Crippen LogP contribution in [0.15, 0.2) is 52.5 Å². The molecule has 2 saturated heterocycles. The summed E-state index contributed by atoms with van der Waals surface area (Å²) in [6.07, 6.45) is 5.06. The summed E-state index contributed by atoms with van der Waals surface area (Å²) < 4.78 is 62.5. The number of fused-ring (bicyclic) bond motifs is 3. The van der Waals surface area contributed by atoms with Crippen LogP contribution in [0, 0.1) is 39.7 Å². The first-order chi connectivity index (χ1) is 32.2. The van der Waals surface area contributed by atoms with Gasteiger partial charge in [0, 0.05) is 52.2 Å². The van der Waals surface area contributed by atoms with Crippen molar-refractivity contribution in [3.8, 4) is 0 Å². The van der Waals surface area contributed by atoms with Gasteiger partial charge in [-0.2, -0.15) is 8.42 Å². The summed E-state index contributed by atoms with van der Waals surface area (Å²) in [6, 6.07) is 3.84. The fourth-order valence-corrected chi connectivity index (χ4v) is 12.0. The minimum Gasteiger partial charge on any atom is -0.456 e. The van der Waals surface area contributed by atoms with E-state index in [1.165, 1.54) is 38.4 Å². The zero-order valence-electron chi connectivity index (χ0n) is 41.3. The topological polar surface area (TPSA) is 224 Å². The van der Waals surface area contributed by atoms with Crippen molar-refractivity contribution in [2.45, 2.75) is 178 Å². The lowest BCUT2D eigenvalue weighted by Gasteiger charge is -2.47. The van der Waals surface area contributed by atoms with Gasteiger partial charge in [0.2, 0.25) is 5.79 Å². The number of methoxy groups -OCH3 is 3. The third-order valence-electron chi connectivity index (χ3n) is 14.5. The summed E-state index contributed by atoms with van der Waals surface area (Å²) in [5, 5.41) is 23.8. The van der Waals surface area contributed by atoms with Crippen molar-refractivity contribution < 1.29 is 65.5 Å². The van der Waals surface area contributed by atoms with Crippen molar-refractivity contribution in [1.82, 2.24) is 4.90 Å². The number of cyclic esters (lactones) is 1. The average molecular weight is 975 g/mol. The van der Waals surface area contributed by atoms with Gasteiger partial charge in [-0.3, -0.25) is 28.7 Å². The number of carbonyl (C=O) groups is 4. The molecule has 1 saturated carbocycles. The van der Waals surface area contributed by atoms with Gasteiger partial charge >= 0.3 is 16.1 Å². The minimum absolute atomic E-state index is 0.0365.